The fraction of sp³-hybridized carbons (Fsp3) is 0.312. The number of hydrogen-bond donors (Lipinski definition) is 0. The molecule has 2 rings (SSSR count). The smallest absolute Gasteiger partial charge is 0.314 e. The van der Waals surface area contributed by atoms with Crippen molar-refractivity contribution in [1.82, 2.24) is 9.97 Å². The molecule has 104 valence electrons. The highest BCUT2D eigenvalue weighted by Crippen LogP contribution is 2.16. The van der Waals surface area contributed by atoms with Crippen LogP contribution in [-0.2, 0) is 16.0 Å². The van der Waals surface area contributed by atoms with Gasteiger partial charge < -0.3 is 4.74 Å². The molecule has 2 aromatic rings. The van der Waals surface area contributed by atoms with Crippen LogP contribution >= 0.6 is 0 Å². The van der Waals surface area contributed by atoms with Gasteiger partial charge in [0.05, 0.1) is 0 Å². The first kappa shape index (κ1) is 14.2. The molecule has 0 aliphatic carbocycles. The largest absolute Gasteiger partial charge is 0.460 e. The maximum Gasteiger partial charge on any atom is 0.314 e. The van der Waals surface area contributed by atoms with Crippen LogP contribution in [0.5, 0.6) is 0 Å². The van der Waals surface area contributed by atoms with Gasteiger partial charge in [-0.3, -0.25) is 4.79 Å². The summed E-state index contributed by atoms with van der Waals surface area (Å²) >= 11 is 0. The van der Waals surface area contributed by atoms with Gasteiger partial charge in [-0.2, -0.15) is 0 Å². The molecule has 20 heavy (non-hydrogen) atoms. The standard InChI is InChI=1S/C16H18N2O2/c1-16(2,3)20-15(19)9-14-17-10-13(11-18-14)12-7-5-4-6-8-12/h4-8,10-11H,9H2,1-3H3. The molecule has 0 N–H and O–H groups in total. The van der Waals surface area contributed by atoms with E-state index < -0.39 is 5.60 Å². The first-order chi connectivity index (χ1) is 9.44. The Hall–Kier alpha value is -2.23. The van der Waals surface area contributed by atoms with Crippen LogP contribution in [-0.4, -0.2) is 21.5 Å². The SMILES string of the molecule is CC(C)(C)OC(=O)Cc1ncc(-c2ccccc2)cn1. The van der Waals surface area contributed by atoms with E-state index in [1.165, 1.54) is 0 Å². The minimum Gasteiger partial charge on any atom is -0.460 e. The number of carbonyl (C=O) groups excluding carboxylic acids is 1. The molecule has 1 aromatic heterocycles. The number of esters is 1. The Morgan fingerprint density at radius 2 is 1.65 bits per heavy atom. The molecule has 4 nitrogen and oxygen atoms in total. The van der Waals surface area contributed by atoms with Crippen molar-refractivity contribution in [3.8, 4) is 11.1 Å². The predicted molar refractivity (Wildman–Crippen MR) is 77.0 cm³/mol. The first-order valence-corrected chi connectivity index (χ1v) is 6.52. The Kier molecular flexibility index (Phi) is 4.13. The number of nitrogens with zero attached hydrogens (tertiary/aromatic N) is 2. The number of rotatable bonds is 3. The van der Waals surface area contributed by atoms with Crippen LogP contribution in [0.1, 0.15) is 26.6 Å². The Morgan fingerprint density at radius 1 is 1.05 bits per heavy atom. The average Bonchev–Trinajstić information content (AvgIpc) is 2.38. The molecule has 0 aliphatic rings. The van der Waals surface area contributed by atoms with E-state index in [4.69, 9.17) is 4.74 Å². The summed E-state index contributed by atoms with van der Waals surface area (Å²) in [5.74, 6) is 0.156. The molecule has 0 saturated heterocycles. The molecule has 0 aliphatic heterocycles. The van der Waals surface area contributed by atoms with Gasteiger partial charge in [-0.25, -0.2) is 9.97 Å². The van der Waals surface area contributed by atoms with Crippen molar-refractivity contribution >= 4 is 5.97 Å². The minimum atomic E-state index is -0.485. The van der Waals surface area contributed by atoms with Gasteiger partial charge in [-0.05, 0) is 26.3 Å². The van der Waals surface area contributed by atoms with Crippen molar-refractivity contribution in [2.24, 2.45) is 0 Å². The molecule has 0 saturated carbocycles. The second-order valence-electron chi connectivity index (χ2n) is 5.52. The molecule has 0 atom stereocenters. The summed E-state index contributed by atoms with van der Waals surface area (Å²) in [5, 5.41) is 0. The summed E-state index contributed by atoms with van der Waals surface area (Å²) in [7, 11) is 0. The van der Waals surface area contributed by atoms with E-state index in [0.717, 1.165) is 11.1 Å². The van der Waals surface area contributed by atoms with Crippen LogP contribution in [0.25, 0.3) is 11.1 Å². The fourth-order valence-corrected chi connectivity index (χ4v) is 1.73. The number of aromatic nitrogens is 2. The molecular weight excluding hydrogens is 252 g/mol. The third kappa shape index (κ3) is 4.16. The van der Waals surface area contributed by atoms with Crippen LogP contribution in [0.2, 0.25) is 0 Å². The van der Waals surface area contributed by atoms with Crippen molar-refractivity contribution < 1.29 is 9.53 Å². The van der Waals surface area contributed by atoms with E-state index in [2.05, 4.69) is 9.97 Å². The van der Waals surface area contributed by atoms with Gasteiger partial charge in [0.2, 0.25) is 0 Å². The summed E-state index contributed by atoms with van der Waals surface area (Å²) in [6.45, 7) is 5.51. The Balaban J connectivity index is 2.04. The van der Waals surface area contributed by atoms with Crippen LogP contribution < -0.4 is 0 Å². The monoisotopic (exact) mass is 270 g/mol. The molecule has 4 heteroatoms. The third-order valence-corrected chi connectivity index (χ3v) is 2.53. The highest BCUT2D eigenvalue weighted by atomic mass is 16.6. The van der Waals surface area contributed by atoms with Crippen LogP contribution in [0, 0.1) is 0 Å². The van der Waals surface area contributed by atoms with Crippen LogP contribution in [0.3, 0.4) is 0 Å². The highest BCUT2D eigenvalue weighted by molar-refractivity contribution is 5.72. The zero-order valence-corrected chi connectivity index (χ0v) is 12.0. The van der Waals surface area contributed by atoms with E-state index in [1.807, 2.05) is 51.1 Å². The van der Waals surface area contributed by atoms with E-state index >= 15 is 0 Å². The van der Waals surface area contributed by atoms with Crippen LogP contribution in [0.4, 0.5) is 0 Å². The van der Waals surface area contributed by atoms with Crippen molar-refractivity contribution in [3.63, 3.8) is 0 Å². The van der Waals surface area contributed by atoms with Crippen molar-refractivity contribution in [1.29, 1.82) is 0 Å². The second-order valence-corrected chi connectivity index (χ2v) is 5.52. The van der Waals surface area contributed by atoms with Crippen molar-refractivity contribution in [2.45, 2.75) is 32.8 Å². The summed E-state index contributed by atoms with van der Waals surface area (Å²) in [6, 6.07) is 9.87. The fourth-order valence-electron chi connectivity index (χ4n) is 1.73. The number of benzene rings is 1. The highest BCUT2D eigenvalue weighted by Gasteiger charge is 2.17. The van der Waals surface area contributed by atoms with Crippen molar-refractivity contribution in [2.75, 3.05) is 0 Å². The van der Waals surface area contributed by atoms with E-state index in [0.29, 0.717) is 5.82 Å². The Bertz CT molecular complexity index is 572. The van der Waals surface area contributed by atoms with E-state index in [9.17, 15) is 4.79 Å². The van der Waals surface area contributed by atoms with Crippen molar-refractivity contribution in [3.05, 3.63) is 48.5 Å². The maximum absolute atomic E-state index is 11.7. The lowest BCUT2D eigenvalue weighted by Gasteiger charge is -2.19. The summed E-state index contributed by atoms with van der Waals surface area (Å²) in [6.07, 6.45) is 3.54. The lowest BCUT2D eigenvalue weighted by molar-refractivity contribution is -0.154. The van der Waals surface area contributed by atoms with Gasteiger partial charge in [0.25, 0.3) is 0 Å². The van der Waals surface area contributed by atoms with E-state index in [-0.39, 0.29) is 12.4 Å². The lowest BCUT2D eigenvalue weighted by Crippen LogP contribution is -2.25. The minimum absolute atomic E-state index is 0.0896. The second kappa shape index (κ2) is 5.82. The molecule has 0 unspecified atom stereocenters. The molecule has 1 heterocycles. The predicted octanol–water partition coefficient (Wildman–Crippen LogP) is 3.03. The number of ether oxygens (including phenoxy) is 1. The van der Waals surface area contributed by atoms with Crippen LogP contribution in [0.15, 0.2) is 42.7 Å². The zero-order chi connectivity index (χ0) is 14.6. The third-order valence-electron chi connectivity index (χ3n) is 2.53. The molecular formula is C16H18N2O2. The normalized spacial score (nSPS) is 11.2. The summed E-state index contributed by atoms with van der Waals surface area (Å²) in [5.41, 5.74) is 1.50. The average molecular weight is 270 g/mol. The molecule has 0 spiro atoms. The quantitative estimate of drug-likeness (QED) is 0.804. The van der Waals surface area contributed by atoms with Gasteiger partial charge in [-0.15, -0.1) is 0 Å². The van der Waals surface area contributed by atoms with Gasteiger partial charge in [0, 0.05) is 18.0 Å². The Morgan fingerprint density at radius 3 is 2.20 bits per heavy atom. The lowest BCUT2D eigenvalue weighted by atomic mass is 10.1. The summed E-state index contributed by atoms with van der Waals surface area (Å²) in [4.78, 5) is 20.1. The molecule has 0 amide bonds. The topological polar surface area (TPSA) is 52.1 Å². The molecule has 0 fully saturated rings. The maximum atomic E-state index is 11.7. The number of carbonyl (C=O) groups is 1. The van der Waals surface area contributed by atoms with Gasteiger partial charge in [-0.1, -0.05) is 30.3 Å². The zero-order valence-electron chi connectivity index (χ0n) is 12.0. The van der Waals surface area contributed by atoms with Gasteiger partial charge >= 0.3 is 5.97 Å². The first-order valence-electron chi connectivity index (χ1n) is 6.52. The van der Waals surface area contributed by atoms with Gasteiger partial charge in [0.15, 0.2) is 0 Å². The van der Waals surface area contributed by atoms with Gasteiger partial charge in [0.1, 0.15) is 17.8 Å². The molecule has 1 aromatic carbocycles. The van der Waals surface area contributed by atoms with E-state index in [1.54, 1.807) is 12.4 Å². The molecule has 0 radical (unpaired) electrons. The summed E-state index contributed by atoms with van der Waals surface area (Å²) < 4.78 is 5.24. The molecule has 0 bridgehead atoms. The Labute approximate surface area is 118 Å². The number of hydrogen-bond acceptors (Lipinski definition) is 4.